The summed E-state index contributed by atoms with van der Waals surface area (Å²) in [5.74, 6) is -0.364. The van der Waals surface area contributed by atoms with E-state index in [1.54, 1.807) is 32.4 Å². The molecule has 1 N–H and O–H groups in total. The molecule has 0 saturated carbocycles. The molecule has 0 heterocycles. The summed E-state index contributed by atoms with van der Waals surface area (Å²) < 4.78 is 15.4. The van der Waals surface area contributed by atoms with E-state index in [0.717, 1.165) is 0 Å². The van der Waals surface area contributed by atoms with Gasteiger partial charge in [-0.05, 0) is 6.07 Å². The lowest BCUT2D eigenvalue weighted by Gasteiger charge is -2.29. The second-order valence-corrected chi connectivity index (χ2v) is 4.50. The molecule has 0 aliphatic heterocycles. The first-order valence-corrected chi connectivity index (χ1v) is 6.73. The van der Waals surface area contributed by atoms with Crippen molar-refractivity contribution >= 4 is 5.97 Å². The highest BCUT2D eigenvalue weighted by atomic mass is 16.5. The molecular weight excluding hydrogens is 274 g/mol. The maximum absolute atomic E-state index is 11.8. The van der Waals surface area contributed by atoms with Crippen molar-refractivity contribution in [3.8, 4) is 5.75 Å². The topological polar surface area (TPSA) is 68.2 Å². The van der Waals surface area contributed by atoms with E-state index in [1.807, 2.05) is 11.0 Å². The van der Waals surface area contributed by atoms with E-state index in [9.17, 15) is 9.90 Å². The van der Waals surface area contributed by atoms with E-state index < -0.39 is 12.0 Å². The van der Waals surface area contributed by atoms with Crippen molar-refractivity contribution in [1.82, 2.24) is 4.90 Å². The molecule has 1 unspecified atom stereocenters. The normalized spacial score (nSPS) is 12.4. The Balaban J connectivity index is 3.07. The standard InChI is InChI=1S/C15H23NO5/c1-19-10-8-16(9-11-20-2)14(15(17)18)12-6-4-5-7-13(12)21-3/h4-7,14H,8-11H2,1-3H3,(H,17,18). The number of rotatable bonds is 10. The maximum atomic E-state index is 11.8. The molecular formula is C15H23NO5. The molecule has 1 atom stereocenters. The van der Waals surface area contributed by atoms with E-state index in [0.29, 0.717) is 37.6 Å². The zero-order valence-electron chi connectivity index (χ0n) is 12.7. The van der Waals surface area contributed by atoms with Crippen molar-refractivity contribution in [1.29, 1.82) is 0 Å². The van der Waals surface area contributed by atoms with Gasteiger partial charge >= 0.3 is 5.97 Å². The number of hydrogen-bond donors (Lipinski definition) is 1. The largest absolute Gasteiger partial charge is 0.496 e. The summed E-state index contributed by atoms with van der Waals surface area (Å²) in [6.45, 7) is 1.88. The van der Waals surface area contributed by atoms with Crippen LogP contribution in [0.15, 0.2) is 24.3 Å². The lowest BCUT2D eigenvalue weighted by Crippen LogP contribution is -2.38. The van der Waals surface area contributed by atoms with Gasteiger partial charge in [0, 0.05) is 32.9 Å². The van der Waals surface area contributed by atoms with Crippen LogP contribution >= 0.6 is 0 Å². The molecule has 0 aliphatic carbocycles. The summed E-state index contributed by atoms with van der Waals surface area (Å²) in [4.78, 5) is 13.6. The first-order chi connectivity index (χ1) is 10.2. The third-order valence-corrected chi connectivity index (χ3v) is 3.20. The smallest absolute Gasteiger partial charge is 0.325 e. The number of carboxylic acids is 1. The highest BCUT2D eigenvalue weighted by Crippen LogP contribution is 2.29. The predicted octanol–water partition coefficient (Wildman–Crippen LogP) is 1.42. The quantitative estimate of drug-likeness (QED) is 0.704. The summed E-state index contributed by atoms with van der Waals surface area (Å²) in [7, 11) is 4.72. The van der Waals surface area contributed by atoms with Gasteiger partial charge in [-0.1, -0.05) is 18.2 Å². The van der Waals surface area contributed by atoms with Gasteiger partial charge in [0.1, 0.15) is 11.8 Å². The Kier molecular flexibility index (Phi) is 7.74. The van der Waals surface area contributed by atoms with Crippen LogP contribution in [0.25, 0.3) is 0 Å². The molecule has 6 nitrogen and oxygen atoms in total. The summed E-state index contributed by atoms with van der Waals surface area (Å²) in [6.07, 6.45) is 0. The van der Waals surface area contributed by atoms with Crippen molar-refractivity contribution in [3.05, 3.63) is 29.8 Å². The number of aliphatic carboxylic acids is 1. The molecule has 0 aliphatic rings. The minimum Gasteiger partial charge on any atom is -0.496 e. The molecule has 0 saturated heterocycles. The van der Waals surface area contributed by atoms with Crippen LogP contribution in [0.5, 0.6) is 5.75 Å². The Bertz CT molecular complexity index is 430. The monoisotopic (exact) mass is 297 g/mol. The summed E-state index contributed by atoms with van der Waals surface area (Å²) >= 11 is 0. The minimum atomic E-state index is -0.924. The fraction of sp³-hybridized carbons (Fsp3) is 0.533. The second kappa shape index (κ2) is 9.33. The number of benzene rings is 1. The summed E-state index contributed by atoms with van der Waals surface area (Å²) in [6, 6.07) is 6.35. The van der Waals surface area contributed by atoms with Gasteiger partial charge in [-0.15, -0.1) is 0 Å². The predicted molar refractivity (Wildman–Crippen MR) is 78.7 cm³/mol. The van der Waals surface area contributed by atoms with E-state index in [-0.39, 0.29) is 0 Å². The van der Waals surface area contributed by atoms with Gasteiger partial charge in [0.15, 0.2) is 0 Å². The van der Waals surface area contributed by atoms with Crippen LogP contribution in [0.1, 0.15) is 11.6 Å². The van der Waals surface area contributed by atoms with Gasteiger partial charge in [-0.3, -0.25) is 9.69 Å². The number of ether oxygens (including phenoxy) is 3. The lowest BCUT2D eigenvalue weighted by atomic mass is 10.0. The third-order valence-electron chi connectivity index (χ3n) is 3.20. The molecule has 21 heavy (non-hydrogen) atoms. The number of carboxylic acid groups (broad SMARTS) is 1. The Hall–Kier alpha value is -1.63. The molecule has 1 aromatic rings. The van der Waals surface area contributed by atoms with Crippen LogP contribution in [-0.2, 0) is 14.3 Å². The van der Waals surface area contributed by atoms with E-state index in [1.165, 1.54) is 7.11 Å². The Morgan fingerprint density at radius 2 is 1.71 bits per heavy atom. The number of carbonyl (C=O) groups is 1. The minimum absolute atomic E-state index is 0.447. The molecule has 0 aromatic heterocycles. The van der Waals surface area contributed by atoms with Crippen LogP contribution in [0.2, 0.25) is 0 Å². The number of hydrogen-bond acceptors (Lipinski definition) is 5. The Morgan fingerprint density at radius 1 is 1.14 bits per heavy atom. The molecule has 6 heteroatoms. The van der Waals surface area contributed by atoms with Gasteiger partial charge < -0.3 is 19.3 Å². The SMILES string of the molecule is COCCN(CCOC)C(C(=O)O)c1ccccc1OC. The van der Waals surface area contributed by atoms with Gasteiger partial charge in [-0.25, -0.2) is 0 Å². The average Bonchev–Trinajstić information content (AvgIpc) is 2.49. The molecule has 0 fully saturated rings. The van der Waals surface area contributed by atoms with Crippen molar-refractivity contribution in [2.24, 2.45) is 0 Å². The van der Waals surface area contributed by atoms with Gasteiger partial charge in [-0.2, -0.15) is 0 Å². The first-order valence-electron chi connectivity index (χ1n) is 6.73. The molecule has 0 bridgehead atoms. The highest BCUT2D eigenvalue weighted by molar-refractivity contribution is 5.76. The van der Waals surface area contributed by atoms with Gasteiger partial charge in [0.25, 0.3) is 0 Å². The number of nitrogens with zero attached hydrogens (tertiary/aromatic N) is 1. The van der Waals surface area contributed by atoms with Crippen molar-refractivity contribution in [3.63, 3.8) is 0 Å². The van der Waals surface area contributed by atoms with E-state index >= 15 is 0 Å². The van der Waals surface area contributed by atoms with Crippen LogP contribution in [0.3, 0.4) is 0 Å². The van der Waals surface area contributed by atoms with E-state index in [2.05, 4.69) is 0 Å². The first kappa shape index (κ1) is 17.4. The van der Waals surface area contributed by atoms with Crippen LogP contribution < -0.4 is 4.74 Å². The van der Waals surface area contributed by atoms with Crippen LogP contribution in [0.4, 0.5) is 0 Å². The molecule has 118 valence electrons. The summed E-state index contributed by atoms with van der Waals surface area (Å²) in [5, 5.41) is 9.64. The molecule has 0 amide bonds. The maximum Gasteiger partial charge on any atom is 0.325 e. The molecule has 0 radical (unpaired) electrons. The highest BCUT2D eigenvalue weighted by Gasteiger charge is 2.29. The van der Waals surface area contributed by atoms with Gasteiger partial charge in [0.05, 0.1) is 20.3 Å². The molecule has 1 aromatic carbocycles. The fourth-order valence-corrected chi connectivity index (χ4v) is 2.17. The zero-order valence-corrected chi connectivity index (χ0v) is 12.7. The number of methoxy groups -OCH3 is 3. The van der Waals surface area contributed by atoms with Crippen LogP contribution in [0, 0.1) is 0 Å². The Morgan fingerprint density at radius 3 is 2.19 bits per heavy atom. The fourth-order valence-electron chi connectivity index (χ4n) is 2.17. The van der Waals surface area contributed by atoms with Gasteiger partial charge in [0.2, 0.25) is 0 Å². The van der Waals surface area contributed by atoms with Crippen molar-refractivity contribution in [2.45, 2.75) is 6.04 Å². The zero-order chi connectivity index (χ0) is 15.7. The van der Waals surface area contributed by atoms with Crippen molar-refractivity contribution in [2.75, 3.05) is 47.6 Å². The molecule has 0 spiro atoms. The molecule has 1 rings (SSSR count). The Labute approximate surface area is 125 Å². The number of para-hydroxylation sites is 1. The van der Waals surface area contributed by atoms with Crippen molar-refractivity contribution < 1.29 is 24.1 Å². The van der Waals surface area contributed by atoms with Crippen LogP contribution in [-0.4, -0.2) is 63.6 Å². The second-order valence-electron chi connectivity index (χ2n) is 4.50. The third kappa shape index (κ3) is 5.00. The lowest BCUT2D eigenvalue weighted by molar-refractivity contribution is -0.144. The van der Waals surface area contributed by atoms with E-state index in [4.69, 9.17) is 14.2 Å². The summed E-state index contributed by atoms with van der Waals surface area (Å²) in [5.41, 5.74) is 0.625. The average molecular weight is 297 g/mol.